The molecule has 2 N–H and O–H groups in total. The third-order valence-corrected chi connectivity index (χ3v) is 4.03. The van der Waals surface area contributed by atoms with E-state index < -0.39 is 0 Å². The average molecular weight is 373 g/mol. The van der Waals surface area contributed by atoms with Crippen LogP contribution in [0.2, 0.25) is 0 Å². The summed E-state index contributed by atoms with van der Waals surface area (Å²) in [7, 11) is 1.64. The van der Waals surface area contributed by atoms with Crippen molar-refractivity contribution in [1.82, 2.24) is 9.97 Å². The zero-order valence-corrected chi connectivity index (χ0v) is 15.3. The van der Waals surface area contributed by atoms with Gasteiger partial charge in [0, 0.05) is 18.3 Å². The third kappa shape index (κ3) is 5.05. The van der Waals surface area contributed by atoms with Gasteiger partial charge >= 0.3 is 0 Å². The number of hydrogen-bond donors (Lipinski definition) is 2. The van der Waals surface area contributed by atoms with Gasteiger partial charge in [-0.05, 0) is 48.4 Å². The van der Waals surface area contributed by atoms with Gasteiger partial charge in [0.1, 0.15) is 23.6 Å². The van der Waals surface area contributed by atoms with Crippen LogP contribution in [0.4, 0.5) is 11.5 Å². The molecule has 0 aliphatic rings. The Bertz CT molecular complexity index is 996. The van der Waals surface area contributed by atoms with E-state index in [2.05, 4.69) is 20.6 Å². The second-order valence-electron chi connectivity index (χ2n) is 5.96. The standard InChI is InChI=1S/C21H19N5O2/c1-28-18-4-2-3-15(11-18)9-10-23-20-12-19(24-14-25-20)21(27)26-17-7-5-16(13-22)6-8-17/h2-8,11-12,14H,9-10H2,1H3,(H,26,27)(H,23,24,25). The first-order valence-electron chi connectivity index (χ1n) is 8.68. The van der Waals surface area contributed by atoms with Crippen LogP contribution in [0, 0.1) is 11.3 Å². The Morgan fingerprint density at radius 2 is 1.96 bits per heavy atom. The van der Waals surface area contributed by atoms with Gasteiger partial charge in [-0.15, -0.1) is 0 Å². The van der Waals surface area contributed by atoms with Crippen molar-refractivity contribution in [1.29, 1.82) is 5.26 Å². The van der Waals surface area contributed by atoms with E-state index in [0.717, 1.165) is 17.7 Å². The van der Waals surface area contributed by atoms with Crippen molar-refractivity contribution < 1.29 is 9.53 Å². The van der Waals surface area contributed by atoms with E-state index in [9.17, 15) is 4.79 Å². The van der Waals surface area contributed by atoms with E-state index >= 15 is 0 Å². The van der Waals surface area contributed by atoms with Crippen LogP contribution in [-0.2, 0) is 6.42 Å². The number of ether oxygens (including phenoxy) is 1. The van der Waals surface area contributed by atoms with Gasteiger partial charge in [-0.2, -0.15) is 5.26 Å². The summed E-state index contributed by atoms with van der Waals surface area (Å²) in [6, 6.07) is 18.1. The van der Waals surface area contributed by atoms with Gasteiger partial charge in [-0.1, -0.05) is 12.1 Å². The van der Waals surface area contributed by atoms with Crippen molar-refractivity contribution in [3.8, 4) is 11.8 Å². The number of anilines is 2. The molecule has 0 radical (unpaired) electrons. The maximum Gasteiger partial charge on any atom is 0.274 e. The number of aromatic nitrogens is 2. The molecule has 0 bridgehead atoms. The largest absolute Gasteiger partial charge is 0.497 e. The van der Waals surface area contributed by atoms with Crippen LogP contribution in [0.5, 0.6) is 5.75 Å². The molecule has 140 valence electrons. The molecule has 0 unspecified atom stereocenters. The molecule has 1 amide bonds. The minimum atomic E-state index is -0.344. The van der Waals surface area contributed by atoms with Gasteiger partial charge in [-0.25, -0.2) is 9.97 Å². The molecule has 1 aromatic heterocycles. The minimum Gasteiger partial charge on any atom is -0.497 e. The number of rotatable bonds is 7. The molecule has 0 saturated heterocycles. The topological polar surface area (TPSA) is 99.9 Å². The zero-order valence-electron chi connectivity index (χ0n) is 15.3. The smallest absolute Gasteiger partial charge is 0.274 e. The number of nitrogens with zero attached hydrogens (tertiary/aromatic N) is 3. The van der Waals surface area contributed by atoms with E-state index in [4.69, 9.17) is 10.00 Å². The van der Waals surface area contributed by atoms with Crippen molar-refractivity contribution in [2.75, 3.05) is 24.3 Å². The van der Waals surface area contributed by atoms with Crippen LogP contribution in [0.3, 0.4) is 0 Å². The van der Waals surface area contributed by atoms with E-state index in [1.54, 1.807) is 37.4 Å². The molecular formula is C21H19N5O2. The highest BCUT2D eigenvalue weighted by Gasteiger charge is 2.09. The number of nitrogens with one attached hydrogen (secondary N) is 2. The average Bonchev–Trinajstić information content (AvgIpc) is 2.74. The normalized spacial score (nSPS) is 10.0. The first-order chi connectivity index (χ1) is 13.7. The molecule has 0 aliphatic carbocycles. The lowest BCUT2D eigenvalue weighted by atomic mass is 10.1. The van der Waals surface area contributed by atoms with Gasteiger partial charge < -0.3 is 15.4 Å². The van der Waals surface area contributed by atoms with Gasteiger partial charge in [0.15, 0.2) is 0 Å². The molecule has 0 fully saturated rings. The second kappa shape index (κ2) is 9.14. The number of carbonyl (C=O) groups is 1. The van der Waals surface area contributed by atoms with Gasteiger partial charge in [0.05, 0.1) is 18.7 Å². The fourth-order valence-corrected chi connectivity index (χ4v) is 2.56. The summed E-state index contributed by atoms with van der Waals surface area (Å²) in [5.41, 5.74) is 2.51. The van der Waals surface area contributed by atoms with Crippen molar-refractivity contribution in [2.45, 2.75) is 6.42 Å². The predicted octanol–water partition coefficient (Wildman–Crippen LogP) is 3.26. The van der Waals surface area contributed by atoms with Crippen LogP contribution in [0.25, 0.3) is 0 Å². The molecule has 3 aromatic rings. The third-order valence-electron chi connectivity index (χ3n) is 4.03. The molecule has 28 heavy (non-hydrogen) atoms. The summed E-state index contributed by atoms with van der Waals surface area (Å²) in [6.07, 6.45) is 2.13. The SMILES string of the molecule is COc1cccc(CCNc2cc(C(=O)Nc3ccc(C#N)cc3)ncn2)c1. The van der Waals surface area contributed by atoms with Crippen molar-refractivity contribution in [3.63, 3.8) is 0 Å². The van der Waals surface area contributed by atoms with E-state index in [-0.39, 0.29) is 11.6 Å². The number of benzene rings is 2. The van der Waals surface area contributed by atoms with Crippen LogP contribution < -0.4 is 15.4 Å². The maximum absolute atomic E-state index is 12.4. The van der Waals surface area contributed by atoms with Crippen molar-refractivity contribution in [2.24, 2.45) is 0 Å². The Labute approximate surface area is 163 Å². The van der Waals surface area contributed by atoms with E-state index in [1.807, 2.05) is 30.3 Å². The van der Waals surface area contributed by atoms with Gasteiger partial charge in [0.25, 0.3) is 5.91 Å². The molecule has 7 heteroatoms. The molecule has 7 nitrogen and oxygen atoms in total. The highest BCUT2D eigenvalue weighted by Crippen LogP contribution is 2.14. The number of hydrogen-bond acceptors (Lipinski definition) is 6. The van der Waals surface area contributed by atoms with Crippen molar-refractivity contribution in [3.05, 3.63) is 77.7 Å². The van der Waals surface area contributed by atoms with Crippen LogP contribution >= 0.6 is 0 Å². The Kier molecular flexibility index (Phi) is 6.16. The molecule has 1 heterocycles. The van der Waals surface area contributed by atoms with Crippen LogP contribution in [-0.4, -0.2) is 29.5 Å². The maximum atomic E-state index is 12.4. The predicted molar refractivity (Wildman–Crippen MR) is 106 cm³/mol. The minimum absolute atomic E-state index is 0.253. The molecule has 2 aromatic carbocycles. The molecular weight excluding hydrogens is 354 g/mol. The van der Waals surface area contributed by atoms with Crippen LogP contribution in [0.1, 0.15) is 21.6 Å². The summed E-state index contributed by atoms with van der Waals surface area (Å²) in [4.78, 5) is 20.6. The monoisotopic (exact) mass is 373 g/mol. The van der Waals surface area contributed by atoms with E-state index in [1.165, 1.54) is 6.33 Å². The molecule has 0 atom stereocenters. The Morgan fingerprint density at radius 1 is 1.14 bits per heavy atom. The van der Waals surface area contributed by atoms with Gasteiger partial charge in [0.2, 0.25) is 0 Å². The highest BCUT2D eigenvalue weighted by molar-refractivity contribution is 6.03. The zero-order chi connectivity index (χ0) is 19.8. The molecule has 0 aliphatic heterocycles. The quantitative estimate of drug-likeness (QED) is 0.659. The number of carbonyl (C=O) groups excluding carboxylic acids is 1. The fourth-order valence-electron chi connectivity index (χ4n) is 2.56. The van der Waals surface area contributed by atoms with Gasteiger partial charge in [-0.3, -0.25) is 4.79 Å². The lowest BCUT2D eigenvalue weighted by Crippen LogP contribution is -2.15. The number of methoxy groups -OCH3 is 1. The second-order valence-corrected chi connectivity index (χ2v) is 5.96. The summed E-state index contributed by atoms with van der Waals surface area (Å²) < 4.78 is 5.22. The number of nitriles is 1. The lowest BCUT2D eigenvalue weighted by Gasteiger charge is -2.08. The van der Waals surface area contributed by atoms with Crippen molar-refractivity contribution >= 4 is 17.4 Å². The summed E-state index contributed by atoms with van der Waals surface area (Å²) in [5, 5.41) is 14.8. The summed E-state index contributed by atoms with van der Waals surface area (Å²) in [5.74, 6) is 1.05. The first-order valence-corrected chi connectivity index (χ1v) is 8.68. The summed E-state index contributed by atoms with van der Waals surface area (Å²) in [6.45, 7) is 0.654. The highest BCUT2D eigenvalue weighted by atomic mass is 16.5. The van der Waals surface area contributed by atoms with E-state index in [0.29, 0.717) is 23.6 Å². The fraction of sp³-hybridized carbons (Fsp3) is 0.143. The summed E-state index contributed by atoms with van der Waals surface area (Å²) >= 11 is 0. The Hall–Kier alpha value is -3.92. The molecule has 3 rings (SSSR count). The van der Waals surface area contributed by atoms with Crippen LogP contribution in [0.15, 0.2) is 60.9 Å². The first kappa shape index (κ1) is 18.9. The molecule has 0 saturated carbocycles. The Morgan fingerprint density at radius 3 is 2.71 bits per heavy atom. The Balaban J connectivity index is 1.58. The molecule has 0 spiro atoms. The number of amides is 1. The lowest BCUT2D eigenvalue weighted by molar-refractivity contribution is 0.102.